The Labute approximate surface area is 178 Å². The van der Waals surface area contributed by atoms with E-state index in [1.165, 1.54) is 20.2 Å². The third-order valence-electron chi connectivity index (χ3n) is 4.45. The van der Waals surface area contributed by atoms with E-state index in [1.807, 2.05) is 6.07 Å². The van der Waals surface area contributed by atoms with E-state index in [9.17, 15) is 14.9 Å². The molecule has 0 atom stereocenters. The Balaban J connectivity index is 1.94. The smallest absolute Gasteiger partial charge is 0.292 e. The predicted octanol–water partition coefficient (Wildman–Crippen LogP) is 2.19. The molecule has 0 aliphatic rings. The largest absolute Gasteiger partial charge is 0.497 e. The molecule has 0 fully saturated rings. The van der Waals surface area contributed by atoms with E-state index in [1.54, 1.807) is 55.6 Å². The van der Waals surface area contributed by atoms with Crippen LogP contribution >= 0.6 is 0 Å². The maximum atomic E-state index is 12.7. The number of nitriles is 1. The summed E-state index contributed by atoms with van der Waals surface area (Å²) >= 11 is 0. The fourth-order valence-corrected chi connectivity index (χ4v) is 2.79. The zero-order chi connectivity index (χ0) is 22.4. The summed E-state index contributed by atoms with van der Waals surface area (Å²) in [4.78, 5) is 25.4. The maximum Gasteiger partial charge on any atom is 0.292 e. The average Bonchev–Trinajstić information content (AvgIpc) is 2.79. The summed E-state index contributed by atoms with van der Waals surface area (Å²) in [5.41, 5.74) is 2.76. The Bertz CT molecular complexity index is 1240. The van der Waals surface area contributed by atoms with Gasteiger partial charge in [-0.2, -0.15) is 20.1 Å². The van der Waals surface area contributed by atoms with Crippen molar-refractivity contribution in [3.63, 3.8) is 0 Å². The van der Waals surface area contributed by atoms with Crippen LogP contribution in [0.2, 0.25) is 0 Å². The van der Waals surface area contributed by atoms with Crippen LogP contribution < -0.4 is 20.5 Å². The van der Waals surface area contributed by atoms with Crippen LogP contribution in [0.4, 0.5) is 0 Å². The van der Waals surface area contributed by atoms with Gasteiger partial charge in [-0.1, -0.05) is 12.1 Å². The van der Waals surface area contributed by atoms with Crippen molar-refractivity contribution < 1.29 is 14.3 Å². The lowest BCUT2D eigenvalue weighted by Crippen LogP contribution is -2.31. The molecule has 1 amide bonds. The number of rotatable bonds is 6. The first-order valence-corrected chi connectivity index (χ1v) is 9.14. The van der Waals surface area contributed by atoms with Gasteiger partial charge in [0.25, 0.3) is 11.5 Å². The van der Waals surface area contributed by atoms with Gasteiger partial charge in [-0.25, -0.2) is 5.43 Å². The SMILES string of the molecule is COc1ccc(-n2nc(C(=O)N/N=C/c3cccc(OC)c3)c(C)c(C#N)c2=O)cc1. The molecule has 156 valence electrons. The highest BCUT2D eigenvalue weighted by Gasteiger charge is 2.20. The summed E-state index contributed by atoms with van der Waals surface area (Å²) in [6, 6.07) is 15.5. The maximum absolute atomic E-state index is 12.7. The van der Waals surface area contributed by atoms with Crippen molar-refractivity contribution in [3.05, 3.63) is 81.3 Å². The third-order valence-corrected chi connectivity index (χ3v) is 4.45. The van der Waals surface area contributed by atoms with Crippen molar-refractivity contribution in [3.8, 4) is 23.3 Å². The first kappa shape index (κ1) is 21.3. The zero-order valence-electron chi connectivity index (χ0n) is 17.1. The number of carbonyl (C=O) groups is 1. The van der Waals surface area contributed by atoms with Crippen LogP contribution in [0.25, 0.3) is 5.69 Å². The molecule has 0 aliphatic carbocycles. The molecule has 1 heterocycles. The van der Waals surface area contributed by atoms with Crippen LogP contribution in [-0.4, -0.2) is 36.1 Å². The molecular weight excluding hydrogens is 398 g/mol. The average molecular weight is 417 g/mol. The molecule has 0 radical (unpaired) electrons. The number of hydrogen-bond donors (Lipinski definition) is 1. The van der Waals surface area contributed by atoms with Crippen LogP contribution in [0, 0.1) is 18.3 Å². The second kappa shape index (κ2) is 9.37. The fourth-order valence-electron chi connectivity index (χ4n) is 2.79. The Hall–Kier alpha value is -4.45. The Kier molecular flexibility index (Phi) is 6.42. The van der Waals surface area contributed by atoms with Gasteiger partial charge in [0.2, 0.25) is 0 Å². The van der Waals surface area contributed by atoms with E-state index in [-0.39, 0.29) is 16.8 Å². The number of nitrogens with one attached hydrogen (secondary N) is 1. The van der Waals surface area contributed by atoms with E-state index in [0.717, 1.165) is 4.68 Å². The van der Waals surface area contributed by atoms with E-state index < -0.39 is 11.5 Å². The molecule has 31 heavy (non-hydrogen) atoms. The summed E-state index contributed by atoms with van der Waals surface area (Å²) in [5, 5.41) is 17.5. The highest BCUT2D eigenvalue weighted by molar-refractivity contribution is 5.94. The molecule has 3 rings (SSSR count). The van der Waals surface area contributed by atoms with Gasteiger partial charge in [0, 0.05) is 5.56 Å². The van der Waals surface area contributed by atoms with Crippen molar-refractivity contribution in [2.45, 2.75) is 6.92 Å². The molecule has 0 bridgehead atoms. The molecule has 9 heteroatoms. The van der Waals surface area contributed by atoms with E-state index in [4.69, 9.17) is 9.47 Å². The lowest BCUT2D eigenvalue weighted by atomic mass is 10.1. The third kappa shape index (κ3) is 4.59. The van der Waals surface area contributed by atoms with Gasteiger partial charge in [0.15, 0.2) is 5.69 Å². The topological polar surface area (TPSA) is 119 Å². The quantitative estimate of drug-likeness (QED) is 0.485. The number of nitrogens with zero attached hydrogens (tertiary/aromatic N) is 4. The van der Waals surface area contributed by atoms with Crippen LogP contribution in [0.1, 0.15) is 27.2 Å². The van der Waals surface area contributed by atoms with Crippen molar-refractivity contribution in [2.24, 2.45) is 5.10 Å². The van der Waals surface area contributed by atoms with Crippen LogP contribution in [0.15, 0.2) is 58.4 Å². The number of benzene rings is 2. The number of hydrogen-bond acceptors (Lipinski definition) is 7. The molecule has 0 aliphatic heterocycles. The molecule has 9 nitrogen and oxygen atoms in total. The fraction of sp³-hybridized carbons (Fsp3) is 0.136. The van der Waals surface area contributed by atoms with Crippen LogP contribution in [0.3, 0.4) is 0 Å². The molecule has 0 spiro atoms. The van der Waals surface area contributed by atoms with Gasteiger partial charge in [-0.15, -0.1) is 0 Å². The van der Waals surface area contributed by atoms with Gasteiger partial charge in [-0.05, 0) is 48.9 Å². The first-order valence-electron chi connectivity index (χ1n) is 9.14. The van der Waals surface area contributed by atoms with Crippen molar-refractivity contribution in [1.82, 2.24) is 15.2 Å². The lowest BCUT2D eigenvalue weighted by Gasteiger charge is -2.11. The zero-order valence-corrected chi connectivity index (χ0v) is 17.1. The molecular formula is C22H19N5O4. The minimum atomic E-state index is -0.657. The van der Waals surface area contributed by atoms with Crippen LogP contribution in [0.5, 0.6) is 11.5 Å². The summed E-state index contributed by atoms with van der Waals surface area (Å²) in [7, 11) is 3.07. The molecule has 1 aromatic heterocycles. The van der Waals surface area contributed by atoms with Gasteiger partial charge in [0.05, 0.1) is 26.1 Å². The Morgan fingerprint density at radius 1 is 1.16 bits per heavy atom. The summed E-state index contributed by atoms with van der Waals surface area (Å²) < 4.78 is 11.3. The van der Waals surface area contributed by atoms with Crippen LogP contribution in [-0.2, 0) is 0 Å². The van der Waals surface area contributed by atoms with Gasteiger partial charge >= 0.3 is 0 Å². The normalized spacial score (nSPS) is 10.5. The number of aromatic nitrogens is 2. The molecule has 2 aromatic carbocycles. The molecule has 0 saturated heterocycles. The highest BCUT2D eigenvalue weighted by Crippen LogP contribution is 2.15. The standard InChI is InChI=1S/C22H19N5O4/c1-14-19(12-23)22(29)27(16-7-9-17(30-2)10-8-16)26-20(14)21(28)25-24-13-15-5-4-6-18(11-15)31-3/h4-11,13H,1-3H3,(H,25,28)/b24-13+. The Morgan fingerprint density at radius 2 is 1.87 bits per heavy atom. The Morgan fingerprint density at radius 3 is 2.52 bits per heavy atom. The van der Waals surface area contributed by atoms with E-state index in [2.05, 4.69) is 15.6 Å². The van der Waals surface area contributed by atoms with Crippen molar-refractivity contribution >= 4 is 12.1 Å². The highest BCUT2D eigenvalue weighted by atomic mass is 16.5. The minimum Gasteiger partial charge on any atom is -0.497 e. The monoisotopic (exact) mass is 417 g/mol. The first-order chi connectivity index (χ1) is 15.0. The summed E-state index contributed by atoms with van der Waals surface area (Å²) in [6.07, 6.45) is 1.44. The van der Waals surface area contributed by atoms with Crippen molar-refractivity contribution in [2.75, 3.05) is 14.2 Å². The van der Waals surface area contributed by atoms with Gasteiger partial charge < -0.3 is 9.47 Å². The van der Waals surface area contributed by atoms with Crippen molar-refractivity contribution in [1.29, 1.82) is 5.26 Å². The minimum absolute atomic E-state index is 0.0882. The molecule has 0 unspecified atom stereocenters. The second-order valence-corrected chi connectivity index (χ2v) is 6.35. The second-order valence-electron chi connectivity index (χ2n) is 6.35. The predicted molar refractivity (Wildman–Crippen MR) is 114 cm³/mol. The lowest BCUT2D eigenvalue weighted by molar-refractivity contribution is 0.0947. The number of carbonyl (C=O) groups excluding carboxylic acids is 1. The van der Waals surface area contributed by atoms with E-state index >= 15 is 0 Å². The molecule has 3 aromatic rings. The molecule has 0 saturated carbocycles. The van der Waals surface area contributed by atoms with Gasteiger partial charge in [-0.3, -0.25) is 9.59 Å². The summed E-state index contributed by atoms with van der Waals surface area (Å²) in [6.45, 7) is 1.49. The van der Waals surface area contributed by atoms with E-state index in [0.29, 0.717) is 22.7 Å². The number of amides is 1. The van der Waals surface area contributed by atoms with Gasteiger partial charge in [0.1, 0.15) is 23.1 Å². The number of methoxy groups -OCH3 is 2. The number of ether oxygens (including phenoxy) is 2. The number of hydrazone groups is 1. The molecule has 1 N–H and O–H groups in total. The summed E-state index contributed by atoms with van der Waals surface area (Å²) in [5.74, 6) is 0.586.